The zero-order chi connectivity index (χ0) is 19.7. The van der Waals surface area contributed by atoms with Crippen LogP contribution in [0.1, 0.15) is 5.69 Å². The topological polar surface area (TPSA) is 147 Å². The van der Waals surface area contributed by atoms with E-state index in [0.717, 1.165) is 11.3 Å². The summed E-state index contributed by atoms with van der Waals surface area (Å²) in [6, 6.07) is -0.856. The van der Waals surface area contributed by atoms with Gasteiger partial charge in [-0.15, -0.1) is 23.1 Å². The van der Waals surface area contributed by atoms with Crippen LogP contribution in [-0.4, -0.2) is 67.2 Å². The minimum Gasteiger partial charge on any atom is -0.477 e. The number of aromatic nitrogens is 1. The van der Waals surface area contributed by atoms with Crippen molar-refractivity contribution in [3.05, 3.63) is 22.3 Å². The smallest absolute Gasteiger partial charge is 0.352 e. The number of nitrogens with one attached hydrogen (secondary N) is 1. The first-order chi connectivity index (χ1) is 12.9. The number of β-lactam (4-membered cyclic amide) rings is 1. The van der Waals surface area contributed by atoms with Crippen LogP contribution in [0.25, 0.3) is 0 Å². The van der Waals surface area contributed by atoms with Gasteiger partial charge in [-0.1, -0.05) is 27.7 Å². The van der Waals surface area contributed by atoms with Crippen molar-refractivity contribution >= 4 is 74.3 Å². The van der Waals surface area contributed by atoms with E-state index in [9.17, 15) is 19.5 Å². The molecule has 2 atom stereocenters. The van der Waals surface area contributed by atoms with Crippen molar-refractivity contribution in [2.45, 2.75) is 11.4 Å². The van der Waals surface area contributed by atoms with Crippen LogP contribution < -0.4 is 11.1 Å². The SMILES string of the molecule is CO/N=C(\C(=O)NC1C(=O)N2C(C(=O)O)=C(CI)CS[C@H]12)c1csc(N)n1. The lowest BCUT2D eigenvalue weighted by atomic mass is 10.0. The zero-order valence-corrected chi connectivity index (χ0v) is 17.6. The fraction of sp³-hybridized carbons (Fsp3) is 0.357. The highest BCUT2D eigenvalue weighted by Crippen LogP contribution is 2.40. The van der Waals surface area contributed by atoms with Crippen molar-refractivity contribution in [1.29, 1.82) is 0 Å². The molecular weight excluding hydrogens is 509 g/mol. The molecule has 1 unspecified atom stereocenters. The Morgan fingerprint density at radius 3 is 2.89 bits per heavy atom. The molecule has 0 saturated carbocycles. The van der Waals surface area contributed by atoms with E-state index in [-0.39, 0.29) is 22.2 Å². The molecule has 1 saturated heterocycles. The minimum absolute atomic E-state index is 0.00158. The van der Waals surface area contributed by atoms with Crippen molar-refractivity contribution in [3.8, 4) is 0 Å². The van der Waals surface area contributed by atoms with Gasteiger partial charge in [0.25, 0.3) is 11.8 Å². The average molecular weight is 523 g/mol. The van der Waals surface area contributed by atoms with E-state index in [2.05, 4.69) is 38.0 Å². The van der Waals surface area contributed by atoms with Gasteiger partial charge in [0.2, 0.25) is 0 Å². The second kappa shape index (κ2) is 8.02. The van der Waals surface area contributed by atoms with Crippen LogP contribution in [0.3, 0.4) is 0 Å². The Morgan fingerprint density at radius 1 is 1.59 bits per heavy atom. The summed E-state index contributed by atoms with van der Waals surface area (Å²) in [4.78, 5) is 46.6. The molecule has 3 heterocycles. The number of carboxylic acid groups (broad SMARTS) is 1. The number of thiazole rings is 1. The fourth-order valence-corrected chi connectivity index (χ4v) is 5.58. The Balaban J connectivity index is 1.79. The highest BCUT2D eigenvalue weighted by Gasteiger charge is 2.54. The molecule has 3 rings (SSSR count). The monoisotopic (exact) mass is 523 g/mol. The Bertz CT molecular complexity index is 870. The number of nitrogens with two attached hydrogens (primary N) is 1. The molecule has 0 aliphatic carbocycles. The molecule has 0 aromatic carbocycles. The first-order valence-corrected chi connectivity index (χ1v) is 10.9. The second-order valence-corrected chi connectivity index (χ2v) is 8.20. The van der Waals surface area contributed by atoms with Crippen molar-refractivity contribution < 1.29 is 24.3 Å². The zero-order valence-electron chi connectivity index (χ0n) is 13.8. The van der Waals surface area contributed by atoms with Gasteiger partial charge >= 0.3 is 5.97 Å². The summed E-state index contributed by atoms with van der Waals surface area (Å²) in [5.41, 5.74) is 6.39. The number of hydrogen-bond donors (Lipinski definition) is 3. The van der Waals surface area contributed by atoms with Crippen molar-refractivity contribution in [2.24, 2.45) is 5.16 Å². The number of thioether (sulfide) groups is 1. The number of oxime groups is 1. The highest BCUT2D eigenvalue weighted by atomic mass is 127. The van der Waals surface area contributed by atoms with Gasteiger partial charge in [0.1, 0.15) is 29.9 Å². The van der Waals surface area contributed by atoms with Crippen LogP contribution in [-0.2, 0) is 19.2 Å². The van der Waals surface area contributed by atoms with Gasteiger partial charge in [0.15, 0.2) is 10.8 Å². The van der Waals surface area contributed by atoms with Crippen molar-refractivity contribution in [3.63, 3.8) is 0 Å². The van der Waals surface area contributed by atoms with Gasteiger partial charge in [-0.2, -0.15) is 0 Å². The highest BCUT2D eigenvalue weighted by molar-refractivity contribution is 14.1. The van der Waals surface area contributed by atoms with Gasteiger partial charge < -0.3 is 21.0 Å². The molecule has 13 heteroatoms. The van der Waals surface area contributed by atoms with Crippen molar-refractivity contribution in [2.75, 3.05) is 23.0 Å². The lowest BCUT2D eigenvalue weighted by Gasteiger charge is -2.49. The number of anilines is 1. The summed E-state index contributed by atoms with van der Waals surface area (Å²) < 4.78 is 0.510. The lowest BCUT2D eigenvalue weighted by molar-refractivity contribution is -0.150. The molecule has 2 amide bonds. The number of carbonyl (C=O) groups is 3. The van der Waals surface area contributed by atoms with Crippen LogP contribution in [0.4, 0.5) is 5.13 Å². The number of rotatable bonds is 6. The number of hydrogen-bond acceptors (Lipinski definition) is 9. The third kappa shape index (κ3) is 3.62. The number of alkyl halides is 1. The maximum atomic E-state index is 12.6. The third-order valence-corrected chi connectivity index (χ3v) is 6.79. The molecule has 2 aliphatic rings. The Morgan fingerprint density at radius 2 is 2.33 bits per heavy atom. The third-order valence-electron chi connectivity index (χ3n) is 3.86. The normalized spacial score (nSPS) is 22.2. The Hall–Kier alpha value is -1.87. The number of carboxylic acids is 1. The molecule has 0 radical (unpaired) electrons. The molecule has 0 bridgehead atoms. The molecular formula is C14H14IN5O5S2. The predicted molar refractivity (Wildman–Crippen MR) is 109 cm³/mol. The maximum Gasteiger partial charge on any atom is 0.352 e. The minimum atomic E-state index is -1.15. The quantitative estimate of drug-likeness (QED) is 0.158. The molecule has 2 aliphatic heterocycles. The summed E-state index contributed by atoms with van der Waals surface area (Å²) >= 11 is 4.61. The van der Waals surface area contributed by atoms with Crippen LogP contribution in [0.15, 0.2) is 21.8 Å². The summed E-state index contributed by atoms with van der Waals surface area (Å²) in [6.07, 6.45) is 0. The number of carbonyl (C=O) groups excluding carboxylic acids is 2. The van der Waals surface area contributed by atoms with Gasteiger partial charge in [-0.3, -0.25) is 14.5 Å². The van der Waals surface area contributed by atoms with Crippen LogP contribution in [0.5, 0.6) is 0 Å². The van der Waals surface area contributed by atoms with E-state index in [1.807, 2.05) is 0 Å². The summed E-state index contributed by atoms with van der Waals surface area (Å²) in [6.45, 7) is 0. The van der Waals surface area contributed by atoms with E-state index < -0.39 is 29.2 Å². The first kappa shape index (κ1) is 19.9. The molecule has 144 valence electrons. The number of aliphatic carboxylic acids is 1. The summed E-state index contributed by atoms with van der Waals surface area (Å²) in [5.74, 6) is -1.80. The van der Waals surface area contributed by atoms with E-state index in [1.165, 1.54) is 23.8 Å². The molecule has 4 N–H and O–H groups in total. The van der Waals surface area contributed by atoms with E-state index in [0.29, 0.717) is 15.8 Å². The van der Waals surface area contributed by atoms with Crippen LogP contribution in [0, 0.1) is 0 Å². The molecule has 1 aromatic heterocycles. The average Bonchev–Trinajstić information content (AvgIpc) is 3.08. The van der Waals surface area contributed by atoms with Crippen LogP contribution in [0.2, 0.25) is 0 Å². The van der Waals surface area contributed by atoms with Gasteiger partial charge in [-0.05, 0) is 5.57 Å². The van der Waals surface area contributed by atoms with Crippen LogP contribution >= 0.6 is 45.7 Å². The lowest BCUT2D eigenvalue weighted by Crippen LogP contribution is -2.71. The summed E-state index contributed by atoms with van der Waals surface area (Å²) in [5, 5.41) is 17.0. The number of nitrogens with zero attached hydrogens (tertiary/aromatic N) is 3. The predicted octanol–water partition coefficient (Wildman–Crippen LogP) is 0.249. The summed E-state index contributed by atoms with van der Waals surface area (Å²) in [7, 11) is 1.28. The number of nitrogen functional groups attached to an aromatic ring is 1. The molecule has 27 heavy (non-hydrogen) atoms. The molecule has 0 spiro atoms. The Labute approximate surface area is 175 Å². The Kier molecular flexibility index (Phi) is 5.90. The second-order valence-electron chi connectivity index (χ2n) is 5.45. The van der Waals surface area contributed by atoms with E-state index >= 15 is 0 Å². The molecule has 1 aromatic rings. The molecule has 1 fully saturated rings. The van der Waals surface area contributed by atoms with E-state index in [1.54, 1.807) is 5.38 Å². The van der Waals surface area contributed by atoms with E-state index in [4.69, 9.17) is 10.6 Å². The first-order valence-electron chi connectivity index (χ1n) is 7.48. The van der Waals surface area contributed by atoms with Crippen molar-refractivity contribution in [1.82, 2.24) is 15.2 Å². The largest absolute Gasteiger partial charge is 0.477 e. The number of halogens is 1. The molecule has 10 nitrogen and oxygen atoms in total. The van der Waals surface area contributed by atoms with Gasteiger partial charge in [0, 0.05) is 15.6 Å². The standard InChI is InChI=1S/C14H14IN5O5S2/c1-25-19-7(6-4-27-14(16)17-6)10(21)18-8-11(22)20-9(13(23)24)5(2-15)3-26-12(8)20/h4,8,12H,2-3H2,1H3,(H2,16,17)(H,18,21)(H,23,24)/b19-7-/t8?,12-/m1/s1. The van der Waals surface area contributed by atoms with Gasteiger partial charge in [-0.25, -0.2) is 9.78 Å². The number of fused-ring (bicyclic) bond motifs is 1. The van der Waals surface area contributed by atoms with Gasteiger partial charge in [0.05, 0.1) is 0 Å². The maximum absolute atomic E-state index is 12.6. The fourth-order valence-electron chi connectivity index (χ4n) is 2.69. The number of amides is 2.